The van der Waals surface area contributed by atoms with E-state index in [0.29, 0.717) is 0 Å². The van der Waals surface area contributed by atoms with E-state index in [2.05, 4.69) is 5.32 Å². The van der Waals surface area contributed by atoms with Crippen LogP contribution in [0.3, 0.4) is 0 Å². The average Bonchev–Trinajstić information content (AvgIpc) is 2.42. The lowest BCUT2D eigenvalue weighted by molar-refractivity contribution is -0.137. The van der Waals surface area contributed by atoms with E-state index < -0.39 is 29.2 Å². The van der Waals surface area contributed by atoms with E-state index in [1.807, 2.05) is 0 Å². The van der Waals surface area contributed by atoms with Crippen LogP contribution in [0.25, 0.3) is 0 Å². The van der Waals surface area contributed by atoms with Crippen molar-refractivity contribution in [3.8, 4) is 0 Å². The molecule has 1 N–H and O–H groups in total. The van der Waals surface area contributed by atoms with Crippen molar-refractivity contribution in [2.75, 3.05) is 5.32 Å². The summed E-state index contributed by atoms with van der Waals surface area (Å²) in [4.78, 5) is 11.8. The number of halogens is 5. The number of carbonyl (C=O) groups is 1. The van der Waals surface area contributed by atoms with Gasteiger partial charge in [0.15, 0.2) is 0 Å². The molecule has 0 atom stereocenters. The summed E-state index contributed by atoms with van der Waals surface area (Å²) in [5, 5.41) is 2.04. The van der Waals surface area contributed by atoms with E-state index in [1.54, 1.807) is 0 Å². The van der Waals surface area contributed by atoms with Crippen LogP contribution in [0, 0.1) is 5.82 Å². The maximum atomic E-state index is 13.4. The molecule has 2 aromatic rings. The zero-order valence-corrected chi connectivity index (χ0v) is 11.8. The van der Waals surface area contributed by atoms with Gasteiger partial charge in [0.2, 0.25) is 5.91 Å². The Balaban J connectivity index is 2.21. The number of rotatable bonds is 3. The molecule has 0 bridgehead atoms. The third-order valence-electron chi connectivity index (χ3n) is 2.87. The van der Waals surface area contributed by atoms with E-state index in [1.165, 1.54) is 30.3 Å². The minimum Gasteiger partial charge on any atom is -0.325 e. The maximum absolute atomic E-state index is 13.4. The molecule has 0 unspecified atom stereocenters. The number of alkyl halides is 3. The first-order chi connectivity index (χ1) is 10.3. The van der Waals surface area contributed by atoms with Gasteiger partial charge in [0.1, 0.15) is 5.82 Å². The highest BCUT2D eigenvalue weighted by Crippen LogP contribution is 2.36. The number of benzene rings is 2. The molecular weight excluding hydrogens is 322 g/mol. The van der Waals surface area contributed by atoms with Crippen molar-refractivity contribution in [2.45, 2.75) is 12.6 Å². The Morgan fingerprint density at radius 2 is 1.82 bits per heavy atom. The highest BCUT2D eigenvalue weighted by molar-refractivity contribution is 6.30. The first-order valence-electron chi connectivity index (χ1n) is 6.17. The van der Waals surface area contributed by atoms with Crippen molar-refractivity contribution in [1.29, 1.82) is 0 Å². The van der Waals surface area contributed by atoms with E-state index >= 15 is 0 Å². The molecule has 2 rings (SSSR count). The number of anilines is 1. The normalized spacial score (nSPS) is 11.3. The molecule has 0 saturated heterocycles. The smallest absolute Gasteiger partial charge is 0.325 e. The Morgan fingerprint density at radius 3 is 2.45 bits per heavy atom. The molecule has 2 nitrogen and oxygen atoms in total. The van der Waals surface area contributed by atoms with Gasteiger partial charge in [-0.25, -0.2) is 4.39 Å². The summed E-state index contributed by atoms with van der Waals surface area (Å²) in [6.45, 7) is 0. The number of carbonyl (C=O) groups excluding carboxylic acids is 1. The lowest BCUT2D eigenvalue weighted by atomic mass is 10.1. The highest BCUT2D eigenvalue weighted by atomic mass is 35.5. The Morgan fingerprint density at radius 1 is 1.14 bits per heavy atom. The first-order valence-corrected chi connectivity index (χ1v) is 6.55. The van der Waals surface area contributed by atoms with Crippen LogP contribution in [0.1, 0.15) is 11.1 Å². The Kier molecular flexibility index (Phi) is 4.71. The standard InChI is InChI=1S/C15H10ClF4NO/c16-10-5-6-13(11(8-10)15(18,19)20)21-14(22)7-9-3-1-2-4-12(9)17/h1-6,8H,7H2,(H,21,22). The summed E-state index contributed by atoms with van der Waals surface area (Å²) in [5.74, 6) is -1.34. The lowest BCUT2D eigenvalue weighted by Crippen LogP contribution is -2.18. The van der Waals surface area contributed by atoms with Gasteiger partial charge in [-0.2, -0.15) is 13.2 Å². The topological polar surface area (TPSA) is 29.1 Å². The van der Waals surface area contributed by atoms with Gasteiger partial charge in [-0.05, 0) is 29.8 Å². The minimum atomic E-state index is -4.66. The average molecular weight is 332 g/mol. The summed E-state index contributed by atoms with van der Waals surface area (Å²) in [7, 11) is 0. The molecule has 0 heterocycles. The molecule has 116 valence electrons. The van der Waals surface area contributed by atoms with Crippen LogP contribution >= 0.6 is 11.6 Å². The summed E-state index contributed by atoms with van der Waals surface area (Å²) < 4.78 is 52.1. The van der Waals surface area contributed by atoms with Gasteiger partial charge >= 0.3 is 6.18 Å². The van der Waals surface area contributed by atoms with Gasteiger partial charge in [0, 0.05) is 5.02 Å². The second kappa shape index (κ2) is 6.36. The summed E-state index contributed by atoms with van der Waals surface area (Å²) in [6.07, 6.45) is -5.03. The van der Waals surface area contributed by atoms with Crippen molar-refractivity contribution >= 4 is 23.2 Å². The van der Waals surface area contributed by atoms with Crippen molar-refractivity contribution in [2.24, 2.45) is 0 Å². The second-order valence-corrected chi connectivity index (χ2v) is 4.94. The molecule has 0 aliphatic rings. The third kappa shape index (κ3) is 3.98. The van der Waals surface area contributed by atoms with Crippen LogP contribution in [0.4, 0.5) is 23.2 Å². The molecular formula is C15H10ClF4NO. The van der Waals surface area contributed by atoms with Gasteiger partial charge in [-0.3, -0.25) is 4.79 Å². The van der Waals surface area contributed by atoms with Crippen LogP contribution in [0.15, 0.2) is 42.5 Å². The van der Waals surface area contributed by atoms with Gasteiger partial charge in [-0.1, -0.05) is 29.8 Å². The van der Waals surface area contributed by atoms with E-state index in [0.717, 1.165) is 12.1 Å². The first kappa shape index (κ1) is 16.3. The molecule has 2 aromatic carbocycles. The fraction of sp³-hybridized carbons (Fsp3) is 0.133. The summed E-state index contributed by atoms with van der Waals surface area (Å²) in [6, 6.07) is 8.57. The molecule has 1 amide bonds. The fourth-order valence-corrected chi connectivity index (χ4v) is 2.04. The van der Waals surface area contributed by atoms with Gasteiger partial charge < -0.3 is 5.32 Å². The zero-order valence-electron chi connectivity index (χ0n) is 11.0. The van der Waals surface area contributed by atoms with Crippen LogP contribution in [-0.2, 0) is 17.4 Å². The Hall–Kier alpha value is -2.08. The van der Waals surface area contributed by atoms with Crippen LogP contribution in [-0.4, -0.2) is 5.91 Å². The minimum absolute atomic E-state index is 0.0978. The van der Waals surface area contributed by atoms with Crippen LogP contribution < -0.4 is 5.32 Å². The molecule has 0 fully saturated rings. The van der Waals surface area contributed by atoms with Crippen molar-refractivity contribution in [3.05, 3.63) is 64.4 Å². The maximum Gasteiger partial charge on any atom is 0.418 e. The summed E-state index contributed by atoms with van der Waals surface area (Å²) in [5.41, 5.74) is -1.37. The third-order valence-corrected chi connectivity index (χ3v) is 3.11. The van der Waals surface area contributed by atoms with E-state index in [-0.39, 0.29) is 17.0 Å². The lowest BCUT2D eigenvalue weighted by Gasteiger charge is -2.14. The van der Waals surface area contributed by atoms with Crippen molar-refractivity contribution < 1.29 is 22.4 Å². The van der Waals surface area contributed by atoms with Crippen molar-refractivity contribution in [1.82, 2.24) is 0 Å². The van der Waals surface area contributed by atoms with Gasteiger partial charge in [0.05, 0.1) is 17.7 Å². The molecule has 0 saturated carbocycles. The van der Waals surface area contributed by atoms with E-state index in [4.69, 9.17) is 11.6 Å². The Bertz CT molecular complexity index is 700. The molecule has 0 spiro atoms. The predicted octanol–water partition coefficient (Wildman–Crippen LogP) is 4.68. The largest absolute Gasteiger partial charge is 0.418 e. The molecule has 22 heavy (non-hydrogen) atoms. The quantitative estimate of drug-likeness (QED) is 0.813. The van der Waals surface area contributed by atoms with E-state index in [9.17, 15) is 22.4 Å². The number of nitrogens with one attached hydrogen (secondary N) is 1. The molecule has 0 radical (unpaired) electrons. The monoisotopic (exact) mass is 331 g/mol. The highest BCUT2D eigenvalue weighted by Gasteiger charge is 2.34. The molecule has 0 aliphatic carbocycles. The predicted molar refractivity (Wildman–Crippen MR) is 75.2 cm³/mol. The number of hydrogen-bond donors (Lipinski definition) is 1. The van der Waals surface area contributed by atoms with Gasteiger partial charge in [-0.15, -0.1) is 0 Å². The molecule has 0 aromatic heterocycles. The second-order valence-electron chi connectivity index (χ2n) is 4.50. The summed E-state index contributed by atoms with van der Waals surface area (Å²) >= 11 is 5.55. The van der Waals surface area contributed by atoms with Crippen LogP contribution in [0.5, 0.6) is 0 Å². The number of amides is 1. The fourth-order valence-electron chi connectivity index (χ4n) is 1.87. The van der Waals surface area contributed by atoms with Gasteiger partial charge in [0.25, 0.3) is 0 Å². The SMILES string of the molecule is O=C(Cc1ccccc1F)Nc1ccc(Cl)cc1C(F)(F)F. The van der Waals surface area contributed by atoms with Crippen LogP contribution in [0.2, 0.25) is 5.02 Å². The Labute approximate surface area is 128 Å². The molecule has 7 heteroatoms. The molecule has 0 aliphatic heterocycles. The zero-order chi connectivity index (χ0) is 16.3. The van der Waals surface area contributed by atoms with Crippen molar-refractivity contribution in [3.63, 3.8) is 0 Å². The number of hydrogen-bond acceptors (Lipinski definition) is 1.